The average Bonchev–Trinajstić information content (AvgIpc) is 2.49. The first-order chi connectivity index (χ1) is 9.75. The van der Waals surface area contributed by atoms with Crippen LogP contribution in [0.1, 0.15) is 40.5 Å². The Morgan fingerprint density at radius 3 is 2.60 bits per heavy atom. The van der Waals surface area contributed by atoms with Crippen molar-refractivity contribution in [1.82, 2.24) is 4.90 Å². The van der Waals surface area contributed by atoms with E-state index in [1.54, 1.807) is 0 Å². The maximum atomic E-state index is 12.7. The van der Waals surface area contributed by atoms with Crippen LogP contribution in [0.15, 0.2) is 48.5 Å². The molecular weight excluding hydrogens is 248 g/mol. The van der Waals surface area contributed by atoms with Crippen molar-refractivity contribution in [1.29, 1.82) is 0 Å². The van der Waals surface area contributed by atoms with Gasteiger partial charge in [-0.1, -0.05) is 43.3 Å². The van der Waals surface area contributed by atoms with E-state index in [4.69, 9.17) is 0 Å². The van der Waals surface area contributed by atoms with Crippen LogP contribution in [0.2, 0.25) is 0 Å². The topological polar surface area (TPSA) is 32.3 Å². The lowest BCUT2D eigenvalue weighted by molar-refractivity contribution is 0.0652. The predicted molar refractivity (Wildman–Crippen MR) is 78.7 cm³/mol. The molecule has 1 amide bonds. The van der Waals surface area contributed by atoms with Crippen LogP contribution in [0.5, 0.6) is 0 Å². The quantitative estimate of drug-likeness (QED) is 0.791. The zero-order valence-electron chi connectivity index (χ0n) is 11.3. The number of carbonyl (C=O) groups excluding carboxylic acids is 1. The van der Waals surface area contributed by atoms with Crippen LogP contribution in [0.4, 0.5) is 5.69 Å². The van der Waals surface area contributed by atoms with E-state index in [0.29, 0.717) is 5.92 Å². The third-order valence-electron chi connectivity index (χ3n) is 4.31. The van der Waals surface area contributed by atoms with Crippen molar-refractivity contribution in [3.05, 3.63) is 65.2 Å². The van der Waals surface area contributed by atoms with Gasteiger partial charge < -0.3 is 10.2 Å². The molecule has 4 rings (SSSR count). The SMILES string of the molecule is CC1CN2C(=O)c3ccccc3NC2c2ccccc21. The molecule has 0 bridgehead atoms. The molecule has 2 unspecified atom stereocenters. The van der Waals surface area contributed by atoms with Crippen molar-refractivity contribution in [2.45, 2.75) is 19.0 Å². The lowest BCUT2D eigenvalue weighted by atomic mass is 9.87. The summed E-state index contributed by atoms with van der Waals surface area (Å²) in [6.45, 7) is 2.95. The van der Waals surface area contributed by atoms with Gasteiger partial charge in [0.2, 0.25) is 0 Å². The minimum absolute atomic E-state index is 0.0372. The van der Waals surface area contributed by atoms with E-state index in [1.165, 1.54) is 11.1 Å². The van der Waals surface area contributed by atoms with Gasteiger partial charge >= 0.3 is 0 Å². The number of fused-ring (bicyclic) bond motifs is 4. The Morgan fingerprint density at radius 1 is 1.05 bits per heavy atom. The van der Waals surface area contributed by atoms with E-state index in [1.807, 2.05) is 35.2 Å². The van der Waals surface area contributed by atoms with Crippen LogP contribution in [0.3, 0.4) is 0 Å². The molecule has 0 spiro atoms. The number of para-hydroxylation sites is 1. The van der Waals surface area contributed by atoms with E-state index in [9.17, 15) is 4.79 Å². The Balaban J connectivity index is 1.87. The largest absolute Gasteiger partial charge is 0.361 e. The van der Waals surface area contributed by atoms with Crippen LogP contribution in [0, 0.1) is 0 Å². The molecule has 3 nitrogen and oxygen atoms in total. The summed E-state index contributed by atoms with van der Waals surface area (Å²) < 4.78 is 0. The van der Waals surface area contributed by atoms with Gasteiger partial charge in [-0.25, -0.2) is 0 Å². The van der Waals surface area contributed by atoms with Crippen LogP contribution in [0.25, 0.3) is 0 Å². The molecule has 20 heavy (non-hydrogen) atoms. The second-order valence-electron chi connectivity index (χ2n) is 5.58. The van der Waals surface area contributed by atoms with E-state index >= 15 is 0 Å². The summed E-state index contributed by atoms with van der Waals surface area (Å²) in [6, 6.07) is 16.2. The number of amides is 1. The first kappa shape index (κ1) is 11.5. The maximum Gasteiger partial charge on any atom is 0.257 e. The molecule has 2 aliphatic heterocycles. The molecule has 2 atom stereocenters. The minimum atomic E-state index is -0.0372. The molecule has 2 aromatic carbocycles. The maximum absolute atomic E-state index is 12.7. The zero-order chi connectivity index (χ0) is 13.7. The van der Waals surface area contributed by atoms with Gasteiger partial charge in [-0.3, -0.25) is 4.79 Å². The number of nitrogens with one attached hydrogen (secondary N) is 1. The van der Waals surface area contributed by atoms with Gasteiger partial charge in [-0.05, 0) is 29.2 Å². The predicted octanol–water partition coefficient (Wildman–Crippen LogP) is 3.37. The number of rotatable bonds is 0. The monoisotopic (exact) mass is 264 g/mol. The molecule has 1 N–H and O–H groups in total. The molecule has 2 heterocycles. The molecule has 0 fully saturated rings. The summed E-state index contributed by atoms with van der Waals surface area (Å²) in [5, 5.41) is 3.51. The highest BCUT2D eigenvalue weighted by Gasteiger charge is 2.38. The first-order valence-corrected chi connectivity index (χ1v) is 7.01. The average molecular weight is 264 g/mol. The van der Waals surface area contributed by atoms with Crippen molar-refractivity contribution in [3.63, 3.8) is 0 Å². The number of anilines is 1. The van der Waals surface area contributed by atoms with Crippen molar-refractivity contribution >= 4 is 11.6 Å². The van der Waals surface area contributed by atoms with Gasteiger partial charge in [0.15, 0.2) is 0 Å². The van der Waals surface area contributed by atoms with Gasteiger partial charge in [-0.2, -0.15) is 0 Å². The summed E-state index contributed by atoms with van der Waals surface area (Å²) in [5.74, 6) is 0.504. The number of benzene rings is 2. The van der Waals surface area contributed by atoms with E-state index in [-0.39, 0.29) is 12.1 Å². The third-order valence-corrected chi connectivity index (χ3v) is 4.31. The summed E-state index contributed by atoms with van der Waals surface area (Å²) in [5.41, 5.74) is 4.26. The van der Waals surface area contributed by atoms with Gasteiger partial charge in [-0.15, -0.1) is 0 Å². The standard InChI is InChI=1S/C17H16N2O/c1-11-10-19-16(13-7-3-2-6-12(11)13)18-15-9-5-4-8-14(15)17(19)20/h2-9,11,16,18H,10H2,1H3. The fourth-order valence-electron chi connectivity index (χ4n) is 3.33. The second kappa shape index (κ2) is 4.10. The van der Waals surface area contributed by atoms with Crippen molar-refractivity contribution in [2.75, 3.05) is 11.9 Å². The highest BCUT2D eigenvalue weighted by atomic mass is 16.2. The van der Waals surface area contributed by atoms with E-state index < -0.39 is 0 Å². The first-order valence-electron chi connectivity index (χ1n) is 7.01. The fraction of sp³-hybridized carbons (Fsp3) is 0.235. The van der Waals surface area contributed by atoms with Crippen LogP contribution < -0.4 is 5.32 Å². The Labute approximate surface area is 118 Å². The Morgan fingerprint density at radius 2 is 1.75 bits per heavy atom. The normalized spacial score (nSPS) is 23.4. The van der Waals surface area contributed by atoms with Gasteiger partial charge in [0.1, 0.15) is 6.17 Å². The summed E-state index contributed by atoms with van der Waals surface area (Å²) in [4.78, 5) is 14.6. The Kier molecular flexibility index (Phi) is 2.36. The highest BCUT2D eigenvalue weighted by molar-refractivity contribution is 6.02. The highest BCUT2D eigenvalue weighted by Crippen LogP contribution is 2.40. The summed E-state index contributed by atoms with van der Waals surface area (Å²) >= 11 is 0. The smallest absolute Gasteiger partial charge is 0.257 e. The molecule has 0 radical (unpaired) electrons. The molecule has 100 valence electrons. The fourth-order valence-corrected chi connectivity index (χ4v) is 3.33. The van der Waals surface area contributed by atoms with E-state index in [0.717, 1.165) is 17.8 Å². The molecule has 2 aromatic rings. The molecule has 0 aromatic heterocycles. The number of hydrogen-bond acceptors (Lipinski definition) is 2. The number of nitrogens with zero attached hydrogens (tertiary/aromatic N) is 1. The summed E-state index contributed by atoms with van der Waals surface area (Å²) in [7, 11) is 0. The molecule has 2 aliphatic rings. The molecule has 3 heteroatoms. The van der Waals surface area contributed by atoms with Crippen LogP contribution in [-0.2, 0) is 0 Å². The van der Waals surface area contributed by atoms with Gasteiger partial charge in [0.05, 0.1) is 5.56 Å². The third kappa shape index (κ3) is 1.49. The Hall–Kier alpha value is -2.29. The van der Waals surface area contributed by atoms with E-state index in [2.05, 4.69) is 30.4 Å². The number of carbonyl (C=O) groups is 1. The second-order valence-corrected chi connectivity index (χ2v) is 5.58. The summed E-state index contributed by atoms with van der Waals surface area (Å²) in [6.07, 6.45) is -0.0372. The molecular formula is C17H16N2O. The molecule has 0 saturated heterocycles. The van der Waals surface area contributed by atoms with Crippen LogP contribution in [-0.4, -0.2) is 17.4 Å². The van der Waals surface area contributed by atoms with Crippen molar-refractivity contribution < 1.29 is 4.79 Å². The molecule has 0 saturated carbocycles. The van der Waals surface area contributed by atoms with Gasteiger partial charge in [0, 0.05) is 12.2 Å². The number of hydrogen-bond donors (Lipinski definition) is 1. The lowest BCUT2D eigenvalue weighted by Gasteiger charge is -2.44. The lowest BCUT2D eigenvalue weighted by Crippen LogP contribution is -2.47. The van der Waals surface area contributed by atoms with Crippen molar-refractivity contribution in [2.24, 2.45) is 0 Å². The molecule has 0 aliphatic carbocycles. The minimum Gasteiger partial charge on any atom is -0.361 e. The zero-order valence-corrected chi connectivity index (χ0v) is 11.3. The van der Waals surface area contributed by atoms with Crippen LogP contribution >= 0.6 is 0 Å². The van der Waals surface area contributed by atoms with Gasteiger partial charge in [0.25, 0.3) is 5.91 Å². The van der Waals surface area contributed by atoms with Crippen molar-refractivity contribution in [3.8, 4) is 0 Å². The Bertz CT molecular complexity index is 695.